The number of aryl methyl sites for hydroxylation is 1. The predicted octanol–water partition coefficient (Wildman–Crippen LogP) is 7.81. The first-order valence-electron chi connectivity index (χ1n) is 13.2. The highest BCUT2D eigenvalue weighted by atomic mass is 35.5. The highest BCUT2D eigenvalue weighted by molar-refractivity contribution is 7.10. The number of carbonyl (C=O) groups excluding carboxylic acids is 2. The Kier molecular flexibility index (Phi) is 8.75. The van der Waals surface area contributed by atoms with Gasteiger partial charge in [-0.15, -0.1) is 11.3 Å². The average Bonchev–Trinajstić information content (AvgIpc) is 3.63. The maximum Gasteiger partial charge on any atom is 0.254 e. The van der Waals surface area contributed by atoms with Gasteiger partial charge in [-0.25, -0.2) is 0 Å². The van der Waals surface area contributed by atoms with Crippen LogP contribution < -0.4 is 0 Å². The minimum Gasteiger partial charge on any atom is -0.467 e. The van der Waals surface area contributed by atoms with E-state index in [-0.39, 0.29) is 30.9 Å². The third kappa shape index (κ3) is 6.24. The Labute approximate surface area is 242 Å². The third-order valence-electron chi connectivity index (χ3n) is 7.10. The number of nitrogens with zero attached hydrogens (tertiary/aromatic N) is 2. The van der Waals surface area contributed by atoms with Gasteiger partial charge in [0.25, 0.3) is 5.91 Å². The summed E-state index contributed by atoms with van der Waals surface area (Å²) >= 11 is 14.5. The Morgan fingerprint density at radius 2 is 1.90 bits per heavy atom. The van der Waals surface area contributed by atoms with Crippen LogP contribution in [0.15, 0.2) is 76.7 Å². The maximum absolute atomic E-state index is 14.0. The molecule has 8 heteroatoms. The van der Waals surface area contributed by atoms with Crippen molar-refractivity contribution in [2.45, 2.75) is 45.2 Å². The Morgan fingerprint density at radius 1 is 1.08 bits per heavy atom. The van der Waals surface area contributed by atoms with Crippen molar-refractivity contribution in [3.8, 4) is 0 Å². The van der Waals surface area contributed by atoms with E-state index in [0.29, 0.717) is 27.9 Å². The molecule has 2 aromatic heterocycles. The number of thiophene rings is 1. The molecule has 0 fully saturated rings. The molecule has 39 heavy (non-hydrogen) atoms. The lowest BCUT2D eigenvalue weighted by atomic mass is 9.93. The summed E-state index contributed by atoms with van der Waals surface area (Å²) in [6, 6.07) is 18.4. The molecule has 202 valence electrons. The van der Waals surface area contributed by atoms with E-state index >= 15 is 0 Å². The summed E-state index contributed by atoms with van der Waals surface area (Å²) in [6.07, 6.45) is 5.53. The molecule has 1 aliphatic heterocycles. The van der Waals surface area contributed by atoms with Crippen molar-refractivity contribution in [1.82, 2.24) is 9.80 Å². The number of hydrogen-bond acceptors (Lipinski definition) is 4. The fourth-order valence-electron chi connectivity index (χ4n) is 5.07. The van der Waals surface area contributed by atoms with Gasteiger partial charge < -0.3 is 14.2 Å². The zero-order valence-electron chi connectivity index (χ0n) is 21.7. The van der Waals surface area contributed by atoms with Gasteiger partial charge in [0.1, 0.15) is 12.3 Å². The molecule has 0 saturated heterocycles. The summed E-state index contributed by atoms with van der Waals surface area (Å²) in [4.78, 5) is 32.3. The largest absolute Gasteiger partial charge is 0.467 e. The lowest BCUT2D eigenvalue weighted by Gasteiger charge is -2.38. The molecule has 0 radical (unpaired) electrons. The van der Waals surface area contributed by atoms with E-state index in [0.717, 1.165) is 36.8 Å². The number of unbranched alkanes of at least 4 members (excludes halogenated alkanes) is 1. The van der Waals surface area contributed by atoms with E-state index in [1.54, 1.807) is 40.7 Å². The summed E-state index contributed by atoms with van der Waals surface area (Å²) in [6.45, 7) is 2.80. The molecule has 1 aliphatic rings. The van der Waals surface area contributed by atoms with Gasteiger partial charge in [-0.1, -0.05) is 54.7 Å². The van der Waals surface area contributed by atoms with Gasteiger partial charge in [0.05, 0.1) is 18.8 Å². The number of carbonyl (C=O) groups is 2. The lowest BCUT2D eigenvalue weighted by Crippen LogP contribution is -2.46. The molecule has 0 saturated carbocycles. The molecule has 1 atom stereocenters. The van der Waals surface area contributed by atoms with Crippen LogP contribution in [0.2, 0.25) is 10.0 Å². The van der Waals surface area contributed by atoms with Gasteiger partial charge in [-0.3, -0.25) is 9.59 Å². The van der Waals surface area contributed by atoms with Crippen molar-refractivity contribution in [1.29, 1.82) is 0 Å². The number of halogens is 2. The molecule has 1 unspecified atom stereocenters. The number of amides is 2. The number of hydrogen-bond donors (Lipinski definition) is 0. The molecule has 0 N–H and O–H groups in total. The summed E-state index contributed by atoms with van der Waals surface area (Å²) < 4.78 is 5.55. The van der Waals surface area contributed by atoms with Crippen LogP contribution in [-0.2, 0) is 24.2 Å². The number of benzene rings is 2. The van der Waals surface area contributed by atoms with Crippen molar-refractivity contribution in [2.24, 2.45) is 0 Å². The second-order valence-electron chi connectivity index (χ2n) is 9.75. The van der Waals surface area contributed by atoms with Crippen LogP contribution in [-0.4, -0.2) is 34.7 Å². The summed E-state index contributed by atoms with van der Waals surface area (Å²) in [5, 5.41) is 3.10. The summed E-state index contributed by atoms with van der Waals surface area (Å²) in [7, 11) is 0. The van der Waals surface area contributed by atoms with E-state index in [4.69, 9.17) is 27.6 Å². The fourth-order valence-corrected chi connectivity index (χ4v) is 6.48. The van der Waals surface area contributed by atoms with E-state index in [2.05, 4.69) is 13.0 Å². The quantitative estimate of drug-likeness (QED) is 0.203. The first-order valence-corrected chi connectivity index (χ1v) is 14.8. The van der Waals surface area contributed by atoms with Crippen LogP contribution in [0.25, 0.3) is 0 Å². The van der Waals surface area contributed by atoms with Crippen LogP contribution in [0, 0.1) is 0 Å². The van der Waals surface area contributed by atoms with Crippen LogP contribution in [0.5, 0.6) is 0 Å². The highest BCUT2D eigenvalue weighted by Gasteiger charge is 2.35. The predicted molar refractivity (Wildman–Crippen MR) is 157 cm³/mol. The summed E-state index contributed by atoms with van der Waals surface area (Å²) in [5.74, 6) is 0.255. The van der Waals surface area contributed by atoms with Crippen LogP contribution in [0.1, 0.15) is 63.5 Å². The Morgan fingerprint density at radius 3 is 2.62 bits per heavy atom. The highest BCUT2D eigenvalue weighted by Crippen LogP contribution is 2.41. The van der Waals surface area contributed by atoms with E-state index in [1.165, 1.54) is 10.4 Å². The van der Waals surface area contributed by atoms with Gasteiger partial charge in [0.15, 0.2) is 0 Å². The molecule has 5 rings (SSSR count). The minimum atomic E-state index is -0.351. The van der Waals surface area contributed by atoms with Gasteiger partial charge in [0.2, 0.25) is 5.91 Å². The van der Waals surface area contributed by atoms with Crippen LogP contribution in [0.4, 0.5) is 0 Å². The molecule has 0 aliphatic carbocycles. The summed E-state index contributed by atoms with van der Waals surface area (Å²) in [5.41, 5.74) is 3.63. The van der Waals surface area contributed by atoms with E-state index < -0.39 is 0 Å². The molecule has 2 aromatic carbocycles. The minimum absolute atomic E-state index is 0.0850. The molecule has 2 amide bonds. The second kappa shape index (κ2) is 12.4. The Hall–Kier alpha value is -3.06. The molecule has 3 heterocycles. The van der Waals surface area contributed by atoms with Crippen molar-refractivity contribution in [3.63, 3.8) is 0 Å². The zero-order valence-corrected chi connectivity index (χ0v) is 24.1. The van der Waals surface area contributed by atoms with Crippen molar-refractivity contribution >= 4 is 46.4 Å². The third-order valence-corrected chi connectivity index (χ3v) is 8.66. The van der Waals surface area contributed by atoms with Crippen molar-refractivity contribution in [2.75, 3.05) is 13.1 Å². The number of fused-ring (bicyclic) bond motifs is 1. The SMILES string of the molecule is CCCCc1ccc(C(=O)N(CC(=O)N2CCc3sccc3C2c2ccc(Cl)cc2Cl)Cc2ccco2)cc1. The second-order valence-corrected chi connectivity index (χ2v) is 11.6. The molecule has 4 aromatic rings. The molecule has 0 spiro atoms. The van der Waals surface area contributed by atoms with Gasteiger partial charge in [0, 0.05) is 27.0 Å². The van der Waals surface area contributed by atoms with Crippen LogP contribution in [0.3, 0.4) is 0 Å². The molecule has 5 nitrogen and oxygen atoms in total. The maximum atomic E-state index is 14.0. The average molecular weight is 582 g/mol. The fraction of sp³-hybridized carbons (Fsp3) is 0.290. The van der Waals surface area contributed by atoms with Gasteiger partial charge in [-0.05, 0) is 83.8 Å². The number of rotatable bonds is 9. The smallest absolute Gasteiger partial charge is 0.254 e. The van der Waals surface area contributed by atoms with E-state index in [1.807, 2.05) is 46.7 Å². The van der Waals surface area contributed by atoms with E-state index in [9.17, 15) is 9.59 Å². The standard InChI is InChI=1S/C31H30Cl2N2O3S/c1-2-3-5-21-7-9-22(10-8-21)31(37)34(19-24-6-4-16-38-24)20-29(36)35-15-13-28-26(14-17-39-28)30(35)25-12-11-23(32)18-27(25)33/h4,6-12,14,16-18,30H,2-3,5,13,15,19-20H2,1H3. The first kappa shape index (κ1) is 27.5. The number of furan rings is 1. The molecular formula is C31H30Cl2N2O3S. The normalized spacial score (nSPS) is 14.7. The van der Waals surface area contributed by atoms with Crippen LogP contribution >= 0.6 is 34.5 Å². The zero-order chi connectivity index (χ0) is 27.4. The van der Waals surface area contributed by atoms with Gasteiger partial charge >= 0.3 is 0 Å². The Bertz CT molecular complexity index is 1430. The molecule has 0 bridgehead atoms. The monoisotopic (exact) mass is 580 g/mol. The van der Waals surface area contributed by atoms with Gasteiger partial charge in [-0.2, -0.15) is 0 Å². The first-order chi connectivity index (χ1) is 18.9. The Balaban J connectivity index is 1.42. The lowest BCUT2D eigenvalue weighted by molar-refractivity contribution is -0.134. The van der Waals surface area contributed by atoms with Crippen molar-refractivity contribution < 1.29 is 14.0 Å². The topological polar surface area (TPSA) is 53.8 Å². The van der Waals surface area contributed by atoms with Crippen molar-refractivity contribution in [3.05, 3.63) is 115 Å². The molecular weight excluding hydrogens is 551 g/mol.